The summed E-state index contributed by atoms with van der Waals surface area (Å²) in [7, 11) is 0. The van der Waals surface area contributed by atoms with Gasteiger partial charge < -0.3 is 10.6 Å². The van der Waals surface area contributed by atoms with Gasteiger partial charge in [-0.05, 0) is 62.5 Å². The molecule has 3 rings (SSSR count). The van der Waals surface area contributed by atoms with Gasteiger partial charge in [0.25, 0.3) is 0 Å². The summed E-state index contributed by atoms with van der Waals surface area (Å²) >= 11 is 0. The van der Waals surface area contributed by atoms with E-state index in [0.29, 0.717) is 24.3 Å². The lowest BCUT2D eigenvalue weighted by Gasteiger charge is -2.28. The van der Waals surface area contributed by atoms with Gasteiger partial charge in [0.05, 0.1) is 0 Å². The molecule has 2 fully saturated rings. The molecule has 1 heterocycles. The normalized spacial score (nSPS) is 28.5. The Hall–Kier alpha value is -1.35. The molecule has 1 saturated carbocycles. The van der Waals surface area contributed by atoms with Gasteiger partial charge in [-0.2, -0.15) is 0 Å². The van der Waals surface area contributed by atoms with Crippen molar-refractivity contribution in [3.63, 3.8) is 0 Å². The molecule has 3 heteroatoms. The van der Waals surface area contributed by atoms with Gasteiger partial charge in [0.2, 0.25) is 5.91 Å². The van der Waals surface area contributed by atoms with Crippen molar-refractivity contribution in [2.75, 3.05) is 13.1 Å². The molecule has 22 heavy (non-hydrogen) atoms. The van der Waals surface area contributed by atoms with Crippen LogP contribution < -0.4 is 10.6 Å². The maximum atomic E-state index is 12.1. The van der Waals surface area contributed by atoms with E-state index in [0.717, 1.165) is 13.1 Å². The molecule has 3 nitrogen and oxygen atoms in total. The molecule has 0 bridgehead atoms. The molecule has 0 radical (unpaired) electrons. The zero-order valence-electron chi connectivity index (χ0n) is 13.4. The van der Waals surface area contributed by atoms with E-state index in [1.165, 1.54) is 44.1 Å². The topological polar surface area (TPSA) is 41.1 Å². The summed E-state index contributed by atoms with van der Waals surface area (Å²) in [6, 6.07) is 11.3. The molecule has 1 aliphatic carbocycles. The van der Waals surface area contributed by atoms with Crippen LogP contribution in [0.25, 0.3) is 0 Å². The van der Waals surface area contributed by atoms with E-state index in [2.05, 4.69) is 41.0 Å². The van der Waals surface area contributed by atoms with Crippen molar-refractivity contribution in [3.05, 3.63) is 35.9 Å². The molecule has 1 aliphatic heterocycles. The highest BCUT2D eigenvalue weighted by atomic mass is 16.1. The second-order valence-corrected chi connectivity index (χ2v) is 6.93. The van der Waals surface area contributed by atoms with Crippen LogP contribution in [-0.2, 0) is 4.79 Å². The van der Waals surface area contributed by atoms with Gasteiger partial charge in [0, 0.05) is 19.0 Å². The molecule has 2 aliphatic rings. The van der Waals surface area contributed by atoms with Crippen LogP contribution in [0.2, 0.25) is 0 Å². The number of benzene rings is 1. The molecule has 0 aromatic heterocycles. The summed E-state index contributed by atoms with van der Waals surface area (Å²) in [6.07, 6.45) is 7.99. The third-order valence-corrected chi connectivity index (χ3v) is 5.30. The van der Waals surface area contributed by atoms with E-state index in [1.807, 2.05) is 0 Å². The average Bonchev–Trinajstić information content (AvgIpc) is 3.08. The Labute approximate surface area is 133 Å². The van der Waals surface area contributed by atoms with Gasteiger partial charge in [-0.1, -0.05) is 30.3 Å². The predicted molar refractivity (Wildman–Crippen MR) is 89.8 cm³/mol. The van der Waals surface area contributed by atoms with Gasteiger partial charge in [-0.15, -0.1) is 0 Å². The number of nitrogens with one attached hydrogen (secondary N) is 2. The minimum absolute atomic E-state index is 0.247. The van der Waals surface area contributed by atoms with Gasteiger partial charge in [0.1, 0.15) is 0 Å². The number of amides is 1. The second-order valence-electron chi connectivity index (χ2n) is 6.93. The summed E-state index contributed by atoms with van der Waals surface area (Å²) in [5, 5.41) is 6.54. The molecule has 120 valence electrons. The smallest absolute Gasteiger partial charge is 0.220 e. The van der Waals surface area contributed by atoms with Gasteiger partial charge in [-0.3, -0.25) is 4.79 Å². The maximum absolute atomic E-state index is 12.1. The fourth-order valence-electron chi connectivity index (χ4n) is 3.93. The predicted octanol–water partition coefficient (Wildman–Crippen LogP) is 3.22. The fraction of sp³-hybridized carbons (Fsp3) is 0.632. The molecule has 1 atom stereocenters. The van der Waals surface area contributed by atoms with E-state index in [9.17, 15) is 4.79 Å². The second kappa shape index (κ2) is 7.77. The minimum Gasteiger partial charge on any atom is -0.355 e. The van der Waals surface area contributed by atoms with E-state index >= 15 is 0 Å². The highest BCUT2D eigenvalue weighted by molar-refractivity contribution is 5.76. The van der Waals surface area contributed by atoms with Crippen molar-refractivity contribution < 1.29 is 4.79 Å². The Morgan fingerprint density at radius 3 is 2.55 bits per heavy atom. The highest BCUT2D eigenvalue weighted by Gasteiger charge is 2.24. The third-order valence-electron chi connectivity index (χ3n) is 5.30. The quantitative estimate of drug-likeness (QED) is 0.876. The lowest BCUT2D eigenvalue weighted by atomic mass is 9.77. The molecule has 1 saturated heterocycles. The van der Waals surface area contributed by atoms with Crippen LogP contribution in [0.5, 0.6) is 0 Å². The summed E-state index contributed by atoms with van der Waals surface area (Å²) in [5.74, 6) is 1.52. The Morgan fingerprint density at radius 2 is 1.86 bits per heavy atom. The number of hydrogen-bond donors (Lipinski definition) is 2. The fourth-order valence-corrected chi connectivity index (χ4v) is 3.93. The van der Waals surface area contributed by atoms with E-state index in [1.54, 1.807) is 0 Å². The first kappa shape index (κ1) is 15.5. The Bertz CT molecular complexity index is 460. The van der Waals surface area contributed by atoms with Crippen molar-refractivity contribution in [3.8, 4) is 0 Å². The largest absolute Gasteiger partial charge is 0.355 e. The number of rotatable bonds is 5. The monoisotopic (exact) mass is 300 g/mol. The molecule has 2 N–H and O–H groups in total. The van der Waals surface area contributed by atoms with Crippen LogP contribution in [0.3, 0.4) is 0 Å². The first-order valence-corrected chi connectivity index (χ1v) is 8.86. The standard InChI is InChI=1S/C19H28N2O/c22-19(21-14-18-7-4-12-20-18)13-15-8-10-17(11-9-15)16-5-2-1-3-6-16/h1-3,5-6,15,17-18,20H,4,7-14H2,(H,21,22). The molecule has 1 amide bonds. The SMILES string of the molecule is O=C(CC1CCC(c2ccccc2)CC1)NCC1CCCN1. The number of carbonyl (C=O) groups excluding carboxylic acids is 1. The number of hydrogen-bond acceptors (Lipinski definition) is 2. The van der Waals surface area contributed by atoms with Crippen LogP contribution in [0.4, 0.5) is 0 Å². The Balaban J connectivity index is 1.37. The first-order chi connectivity index (χ1) is 10.8. The summed E-state index contributed by atoms with van der Waals surface area (Å²) in [6.45, 7) is 1.90. The maximum Gasteiger partial charge on any atom is 0.220 e. The average molecular weight is 300 g/mol. The summed E-state index contributed by atoms with van der Waals surface area (Å²) in [5.41, 5.74) is 1.47. The van der Waals surface area contributed by atoms with Crippen molar-refractivity contribution in [1.29, 1.82) is 0 Å². The molecule has 1 aromatic carbocycles. The molecule has 0 spiro atoms. The van der Waals surface area contributed by atoms with Crippen LogP contribution in [0.15, 0.2) is 30.3 Å². The molecular weight excluding hydrogens is 272 g/mol. The van der Waals surface area contributed by atoms with Gasteiger partial charge in [-0.25, -0.2) is 0 Å². The van der Waals surface area contributed by atoms with Crippen LogP contribution in [0.1, 0.15) is 56.4 Å². The van der Waals surface area contributed by atoms with Crippen LogP contribution in [0, 0.1) is 5.92 Å². The van der Waals surface area contributed by atoms with E-state index in [-0.39, 0.29) is 5.91 Å². The lowest BCUT2D eigenvalue weighted by Crippen LogP contribution is -2.37. The first-order valence-electron chi connectivity index (χ1n) is 8.86. The highest BCUT2D eigenvalue weighted by Crippen LogP contribution is 2.36. The zero-order valence-corrected chi connectivity index (χ0v) is 13.4. The summed E-state index contributed by atoms with van der Waals surface area (Å²) in [4.78, 5) is 12.1. The van der Waals surface area contributed by atoms with Crippen molar-refractivity contribution in [1.82, 2.24) is 10.6 Å². The van der Waals surface area contributed by atoms with E-state index in [4.69, 9.17) is 0 Å². The van der Waals surface area contributed by atoms with Crippen molar-refractivity contribution >= 4 is 5.91 Å². The van der Waals surface area contributed by atoms with Crippen LogP contribution >= 0.6 is 0 Å². The lowest BCUT2D eigenvalue weighted by molar-refractivity contribution is -0.122. The van der Waals surface area contributed by atoms with Crippen LogP contribution in [-0.4, -0.2) is 25.0 Å². The third kappa shape index (κ3) is 4.33. The van der Waals surface area contributed by atoms with Crippen molar-refractivity contribution in [2.45, 2.75) is 56.9 Å². The Kier molecular flexibility index (Phi) is 5.49. The number of carbonyl (C=O) groups is 1. The summed E-state index contributed by atoms with van der Waals surface area (Å²) < 4.78 is 0. The molecule has 1 unspecified atom stereocenters. The van der Waals surface area contributed by atoms with Gasteiger partial charge >= 0.3 is 0 Å². The molecule has 1 aromatic rings. The van der Waals surface area contributed by atoms with Crippen molar-refractivity contribution in [2.24, 2.45) is 5.92 Å². The van der Waals surface area contributed by atoms with Gasteiger partial charge in [0.15, 0.2) is 0 Å². The molecular formula is C19H28N2O. The minimum atomic E-state index is 0.247. The zero-order chi connectivity index (χ0) is 15.2. The van der Waals surface area contributed by atoms with E-state index < -0.39 is 0 Å². The Morgan fingerprint density at radius 1 is 1.09 bits per heavy atom.